The second kappa shape index (κ2) is 12.4. The predicted molar refractivity (Wildman–Crippen MR) is 114 cm³/mol. The molecule has 0 unspecified atom stereocenters. The number of benzene rings is 1. The van der Waals surface area contributed by atoms with E-state index in [1.54, 1.807) is 19.2 Å². The number of ether oxygens (including phenoxy) is 1. The zero-order valence-electron chi connectivity index (χ0n) is 17.9. The fraction of sp³-hybridized carbons (Fsp3) is 0.619. The van der Waals surface area contributed by atoms with Gasteiger partial charge in [0.2, 0.25) is 5.91 Å². The van der Waals surface area contributed by atoms with Gasteiger partial charge in [-0.15, -0.1) is 0 Å². The second-order valence-corrected chi connectivity index (χ2v) is 7.63. The van der Waals surface area contributed by atoms with E-state index in [1.165, 1.54) is 12.1 Å². The molecule has 0 spiro atoms. The number of likely N-dealkylation sites (tertiary alicyclic amines) is 1. The fourth-order valence-electron chi connectivity index (χ4n) is 3.38. The van der Waals surface area contributed by atoms with Gasteiger partial charge in [0.25, 0.3) is 0 Å². The van der Waals surface area contributed by atoms with Gasteiger partial charge in [0.1, 0.15) is 5.75 Å². The number of alkyl halides is 3. The van der Waals surface area contributed by atoms with E-state index in [9.17, 15) is 18.0 Å². The Hall–Kier alpha value is -2.49. The van der Waals surface area contributed by atoms with E-state index in [1.807, 2.05) is 0 Å². The molecule has 7 nitrogen and oxygen atoms in total. The summed E-state index contributed by atoms with van der Waals surface area (Å²) in [4.78, 5) is 17.8. The number of hydrogen-bond acceptors (Lipinski definition) is 4. The molecule has 0 saturated carbocycles. The van der Waals surface area contributed by atoms with Crippen molar-refractivity contribution in [1.82, 2.24) is 15.5 Å². The van der Waals surface area contributed by atoms with Crippen molar-refractivity contribution in [3.8, 4) is 5.75 Å². The Bertz CT molecular complexity index is 702. The molecule has 0 bridgehead atoms. The van der Waals surface area contributed by atoms with Crippen molar-refractivity contribution in [3.05, 3.63) is 29.8 Å². The summed E-state index contributed by atoms with van der Waals surface area (Å²) in [6, 6.07) is 6.47. The van der Waals surface area contributed by atoms with Crippen LogP contribution in [0.1, 0.15) is 31.2 Å². The quantitative estimate of drug-likeness (QED) is 0.293. The van der Waals surface area contributed by atoms with Gasteiger partial charge >= 0.3 is 6.18 Å². The van der Waals surface area contributed by atoms with Crippen molar-refractivity contribution in [2.75, 3.05) is 39.8 Å². The summed E-state index contributed by atoms with van der Waals surface area (Å²) in [6.45, 7) is 2.82. The summed E-state index contributed by atoms with van der Waals surface area (Å²) in [6.07, 6.45) is -0.619. The Labute approximate surface area is 181 Å². The van der Waals surface area contributed by atoms with E-state index in [0.717, 1.165) is 57.4 Å². The van der Waals surface area contributed by atoms with Gasteiger partial charge in [-0.2, -0.15) is 13.2 Å². The zero-order valence-corrected chi connectivity index (χ0v) is 17.9. The summed E-state index contributed by atoms with van der Waals surface area (Å²) in [5.41, 5.74) is 6.27. The van der Waals surface area contributed by atoms with E-state index in [0.29, 0.717) is 12.5 Å². The molecule has 1 heterocycles. The van der Waals surface area contributed by atoms with Crippen LogP contribution in [0.4, 0.5) is 13.2 Å². The fourth-order valence-corrected chi connectivity index (χ4v) is 3.38. The summed E-state index contributed by atoms with van der Waals surface area (Å²) in [5.74, 6) is 0.687. The van der Waals surface area contributed by atoms with Crippen LogP contribution in [-0.4, -0.2) is 62.8 Å². The Balaban J connectivity index is 1.58. The number of nitrogens with zero attached hydrogens (tertiary/aromatic N) is 2. The Morgan fingerprint density at radius 3 is 2.45 bits per heavy atom. The van der Waals surface area contributed by atoms with Crippen LogP contribution >= 0.6 is 0 Å². The summed E-state index contributed by atoms with van der Waals surface area (Å²) in [7, 11) is 1.69. The zero-order chi connectivity index (χ0) is 22.7. The number of rotatable bonds is 10. The number of aliphatic imine (C=N–C) groups is 1. The molecule has 1 saturated heterocycles. The lowest BCUT2D eigenvalue weighted by Crippen LogP contribution is -2.39. The maximum Gasteiger partial charge on any atom is 0.422 e. The van der Waals surface area contributed by atoms with Crippen LogP contribution in [0.15, 0.2) is 29.3 Å². The van der Waals surface area contributed by atoms with Gasteiger partial charge in [0, 0.05) is 26.1 Å². The number of nitrogens with two attached hydrogens (primary N) is 1. The minimum absolute atomic E-state index is 0.0240. The van der Waals surface area contributed by atoms with E-state index in [-0.39, 0.29) is 17.6 Å². The van der Waals surface area contributed by atoms with Gasteiger partial charge in [-0.3, -0.25) is 9.79 Å². The number of piperidine rings is 1. The van der Waals surface area contributed by atoms with Gasteiger partial charge in [0.05, 0.1) is 0 Å². The minimum atomic E-state index is -4.35. The van der Waals surface area contributed by atoms with Crippen molar-refractivity contribution in [2.24, 2.45) is 16.6 Å². The lowest BCUT2D eigenvalue weighted by molar-refractivity contribution is -0.153. The molecule has 174 valence electrons. The number of guanidine groups is 1. The normalized spacial score (nSPS) is 16.2. The van der Waals surface area contributed by atoms with Gasteiger partial charge in [-0.05, 0) is 63.0 Å². The monoisotopic (exact) mass is 443 g/mol. The number of amides is 1. The Morgan fingerprint density at radius 2 is 1.87 bits per heavy atom. The van der Waals surface area contributed by atoms with Crippen molar-refractivity contribution < 1.29 is 22.7 Å². The molecule has 4 N–H and O–H groups in total. The van der Waals surface area contributed by atoms with Gasteiger partial charge < -0.3 is 26.0 Å². The molecule has 0 aliphatic carbocycles. The molecule has 0 radical (unpaired) electrons. The maximum absolute atomic E-state index is 12.2. The molecule has 1 aromatic rings. The number of primary amides is 1. The first-order valence-electron chi connectivity index (χ1n) is 10.5. The lowest BCUT2D eigenvalue weighted by atomic mass is 9.96. The molecule has 1 amide bonds. The Morgan fingerprint density at radius 1 is 1.19 bits per heavy atom. The molecule has 1 aromatic carbocycles. The van der Waals surface area contributed by atoms with E-state index >= 15 is 0 Å². The second-order valence-electron chi connectivity index (χ2n) is 7.63. The van der Waals surface area contributed by atoms with E-state index in [2.05, 4.69) is 20.5 Å². The van der Waals surface area contributed by atoms with Crippen LogP contribution in [0, 0.1) is 5.92 Å². The number of unbranched alkanes of at least 4 members (excludes halogenated alkanes) is 1. The summed E-state index contributed by atoms with van der Waals surface area (Å²) < 4.78 is 41.2. The lowest BCUT2D eigenvalue weighted by Gasteiger charge is -2.30. The first-order valence-corrected chi connectivity index (χ1v) is 10.5. The third-order valence-corrected chi connectivity index (χ3v) is 5.19. The standard InChI is InChI=1S/C21H32F3N5O2/c1-26-20(27-10-2-3-11-29-12-8-17(9-13-29)19(25)30)28-14-16-4-6-18(7-5-16)31-15-21(22,23)24/h4-7,17H,2-3,8-15H2,1H3,(H2,25,30)(H2,26,27,28). The molecule has 1 aliphatic heterocycles. The van der Waals surface area contributed by atoms with Crippen LogP contribution in [0.5, 0.6) is 5.75 Å². The average molecular weight is 444 g/mol. The molecule has 10 heteroatoms. The smallest absolute Gasteiger partial charge is 0.422 e. The van der Waals surface area contributed by atoms with Crippen molar-refractivity contribution in [1.29, 1.82) is 0 Å². The molecule has 31 heavy (non-hydrogen) atoms. The summed E-state index contributed by atoms with van der Waals surface area (Å²) in [5, 5.41) is 6.44. The molecular formula is C21H32F3N5O2. The highest BCUT2D eigenvalue weighted by Gasteiger charge is 2.28. The van der Waals surface area contributed by atoms with E-state index < -0.39 is 12.8 Å². The Kier molecular flexibility index (Phi) is 9.90. The van der Waals surface area contributed by atoms with E-state index in [4.69, 9.17) is 10.5 Å². The van der Waals surface area contributed by atoms with Crippen LogP contribution in [0.25, 0.3) is 0 Å². The van der Waals surface area contributed by atoms with Crippen LogP contribution in [0.2, 0.25) is 0 Å². The van der Waals surface area contributed by atoms with Gasteiger partial charge in [-0.1, -0.05) is 12.1 Å². The number of carbonyl (C=O) groups is 1. The predicted octanol–water partition coefficient (Wildman–Crippen LogP) is 2.27. The summed E-state index contributed by atoms with van der Waals surface area (Å²) >= 11 is 0. The maximum atomic E-state index is 12.2. The molecule has 0 atom stereocenters. The van der Waals surface area contributed by atoms with Crippen molar-refractivity contribution in [3.63, 3.8) is 0 Å². The van der Waals surface area contributed by atoms with Crippen LogP contribution in [0.3, 0.4) is 0 Å². The highest BCUT2D eigenvalue weighted by molar-refractivity contribution is 5.79. The third kappa shape index (κ3) is 9.91. The largest absolute Gasteiger partial charge is 0.484 e. The molecule has 1 fully saturated rings. The molecule has 1 aliphatic rings. The highest BCUT2D eigenvalue weighted by Crippen LogP contribution is 2.19. The third-order valence-electron chi connectivity index (χ3n) is 5.19. The van der Waals surface area contributed by atoms with Crippen molar-refractivity contribution in [2.45, 2.75) is 38.4 Å². The number of nitrogens with one attached hydrogen (secondary N) is 2. The average Bonchev–Trinajstić information content (AvgIpc) is 2.74. The van der Waals surface area contributed by atoms with Crippen molar-refractivity contribution >= 4 is 11.9 Å². The number of hydrogen-bond donors (Lipinski definition) is 3. The number of carbonyl (C=O) groups excluding carboxylic acids is 1. The van der Waals surface area contributed by atoms with Gasteiger partial charge in [-0.25, -0.2) is 0 Å². The SMILES string of the molecule is CN=C(NCCCCN1CCC(C(N)=O)CC1)NCc1ccc(OCC(F)(F)F)cc1. The number of halogens is 3. The van der Waals surface area contributed by atoms with Crippen LogP contribution < -0.4 is 21.1 Å². The molecular weight excluding hydrogens is 411 g/mol. The first-order chi connectivity index (χ1) is 14.8. The highest BCUT2D eigenvalue weighted by atomic mass is 19.4. The first kappa shape index (κ1) is 24.8. The molecule has 2 rings (SSSR count). The minimum Gasteiger partial charge on any atom is -0.484 e. The van der Waals surface area contributed by atoms with Crippen LogP contribution in [-0.2, 0) is 11.3 Å². The molecule has 0 aromatic heterocycles. The van der Waals surface area contributed by atoms with Gasteiger partial charge in [0.15, 0.2) is 12.6 Å². The topological polar surface area (TPSA) is 92.0 Å².